The Labute approximate surface area is 91.3 Å². The van der Waals surface area contributed by atoms with E-state index in [9.17, 15) is 0 Å². The van der Waals surface area contributed by atoms with E-state index in [-0.39, 0.29) is 0 Å². The molecule has 4 nitrogen and oxygen atoms in total. The monoisotopic (exact) mass is 219 g/mol. The molecule has 0 fully saturated rings. The Hall–Kier alpha value is -1.75. The largest absolute Gasteiger partial charge is 0.497 e. The van der Waals surface area contributed by atoms with Gasteiger partial charge in [-0.25, -0.2) is 4.98 Å². The number of benzene rings is 1. The summed E-state index contributed by atoms with van der Waals surface area (Å²) in [4.78, 5) is 4.00. The summed E-state index contributed by atoms with van der Waals surface area (Å²) in [5, 5.41) is 10.5. The summed E-state index contributed by atoms with van der Waals surface area (Å²) >= 11 is 1.45. The molecule has 15 heavy (non-hydrogen) atoms. The van der Waals surface area contributed by atoms with Crippen molar-refractivity contribution < 1.29 is 4.74 Å². The zero-order valence-corrected chi connectivity index (χ0v) is 8.94. The Kier molecular flexibility index (Phi) is 3.04. The number of nitrogens with zero attached hydrogens (tertiary/aromatic N) is 3. The number of methoxy groups -OCH3 is 1. The highest BCUT2D eigenvalue weighted by molar-refractivity contribution is 7.13. The first-order valence-electron chi connectivity index (χ1n) is 4.34. The third-order valence-electron chi connectivity index (χ3n) is 1.74. The molecule has 0 atom stereocenters. The summed E-state index contributed by atoms with van der Waals surface area (Å²) in [7, 11) is 1.63. The van der Waals surface area contributed by atoms with Gasteiger partial charge in [-0.1, -0.05) is 0 Å². The number of hydrogen-bond acceptors (Lipinski definition) is 5. The first-order valence-corrected chi connectivity index (χ1v) is 5.22. The van der Waals surface area contributed by atoms with Crippen LogP contribution in [0, 0.1) is 0 Å². The van der Waals surface area contributed by atoms with Gasteiger partial charge < -0.3 is 4.74 Å². The number of ether oxygens (including phenoxy) is 1. The van der Waals surface area contributed by atoms with Crippen molar-refractivity contribution in [1.29, 1.82) is 0 Å². The number of rotatable bonds is 3. The van der Waals surface area contributed by atoms with Gasteiger partial charge in [0.2, 0.25) is 5.13 Å². The molecule has 0 radical (unpaired) electrons. The van der Waals surface area contributed by atoms with Gasteiger partial charge in [-0.15, -0.1) is 21.6 Å². The molecule has 5 heteroatoms. The van der Waals surface area contributed by atoms with Crippen molar-refractivity contribution >= 4 is 22.2 Å². The third kappa shape index (κ3) is 2.60. The van der Waals surface area contributed by atoms with Crippen LogP contribution in [0.5, 0.6) is 5.75 Å². The molecule has 0 aliphatic carbocycles. The van der Waals surface area contributed by atoms with Gasteiger partial charge in [-0.05, 0) is 24.3 Å². The molecule has 0 N–H and O–H groups in total. The number of azo groups is 1. The van der Waals surface area contributed by atoms with E-state index in [0.717, 1.165) is 11.4 Å². The topological polar surface area (TPSA) is 46.8 Å². The number of thiazole rings is 1. The highest BCUT2D eigenvalue weighted by atomic mass is 32.1. The van der Waals surface area contributed by atoms with Gasteiger partial charge in [0.25, 0.3) is 0 Å². The lowest BCUT2D eigenvalue weighted by Crippen LogP contribution is -1.79. The summed E-state index contributed by atoms with van der Waals surface area (Å²) in [6, 6.07) is 7.37. The fraction of sp³-hybridized carbons (Fsp3) is 0.100. The molecule has 2 rings (SSSR count). The second-order valence-electron chi connectivity index (χ2n) is 2.71. The zero-order chi connectivity index (χ0) is 10.5. The lowest BCUT2D eigenvalue weighted by molar-refractivity contribution is 0.415. The molecular formula is C10H9N3OS. The van der Waals surface area contributed by atoms with Crippen LogP contribution in [0.4, 0.5) is 10.8 Å². The van der Waals surface area contributed by atoms with Gasteiger partial charge in [-0.3, -0.25) is 0 Å². The van der Waals surface area contributed by atoms with E-state index in [2.05, 4.69) is 15.2 Å². The molecule has 2 aromatic rings. The first-order chi connectivity index (χ1) is 7.38. The van der Waals surface area contributed by atoms with Crippen LogP contribution in [-0.2, 0) is 0 Å². The second kappa shape index (κ2) is 4.65. The van der Waals surface area contributed by atoms with Crippen molar-refractivity contribution in [3.63, 3.8) is 0 Å². The van der Waals surface area contributed by atoms with Crippen LogP contribution in [-0.4, -0.2) is 12.1 Å². The van der Waals surface area contributed by atoms with Crippen LogP contribution in [0.25, 0.3) is 0 Å². The van der Waals surface area contributed by atoms with Crippen molar-refractivity contribution in [1.82, 2.24) is 4.98 Å². The van der Waals surface area contributed by atoms with Crippen molar-refractivity contribution in [3.8, 4) is 5.75 Å². The average molecular weight is 219 g/mol. The van der Waals surface area contributed by atoms with E-state index in [1.165, 1.54) is 11.3 Å². The summed E-state index contributed by atoms with van der Waals surface area (Å²) in [5.41, 5.74) is 0.783. The molecule has 0 unspecified atom stereocenters. The molecule has 0 saturated carbocycles. The summed E-state index contributed by atoms with van der Waals surface area (Å²) in [6.45, 7) is 0. The van der Waals surface area contributed by atoms with Gasteiger partial charge in [-0.2, -0.15) is 0 Å². The quantitative estimate of drug-likeness (QED) is 0.741. The van der Waals surface area contributed by atoms with E-state index in [1.807, 2.05) is 29.6 Å². The molecule has 1 aromatic heterocycles. The van der Waals surface area contributed by atoms with Crippen LogP contribution < -0.4 is 4.74 Å². The van der Waals surface area contributed by atoms with E-state index in [4.69, 9.17) is 4.74 Å². The van der Waals surface area contributed by atoms with Crippen LogP contribution in [0.15, 0.2) is 46.1 Å². The number of hydrogen-bond donors (Lipinski definition) is 0. The smallest absolute Gasteiger partial charge is 0.229 e. The fourth-order valence-electron chi connectivity index (χ4n) is 1.01. The molecule has 0 bridgehead atoms. The van der Waals surface area contributed by atoms with E-state index in [1.54, 1.807) is 13.3 Å². The van der Waals surface area contributed by atoms with E-state index >= 15 is 0 Å². The minimum absolute atomic E-state index is 0.658. The predicted molar refractivity (Wildman–Crippen MR) is 59.3 cm³/mol. The minimum atomic E-state index is 0.658. The standard InChI is InChI=1S/C10H9N3OS/c1-14-9-4-2-8(3-5-9)12-13-10-11-6-7-15-10/h2-7H,1H3. The maximum atomic E-state index is 5.04. The summed E-state index contributed by atoms with van der Waals surface area (Å²) < 4.78 is 5.04. The van der Waals surface area contributed by atoms with Gasteiger partial charge in [0.15, 0.2) is 0 Å². The lowest BCUT2D eigenvalue weighted by Gasteiger charge is -1.97. The summed E-state index contributed by atoms with van der Waals surface area (Å²) in [6.07, 6.45) is 1.70. The average Bonchev–Trinajstić information content (AvgIpc) is 2.80. The molecule has 0 aliphatic rings. The van der Waals surface area contributed by atoms with E-state index < -0.39 is 0 Å². The highest BCUT2D eigenvalue weighted by Crippen LogP contribution is 2.21. The van der Waals surface area contributed by atoms with Crippen LogP contribution in [0.1, 0.15) is 0 Å². The van der Waals surface area contributed by atoms with Gasteiger partial charge in [0.1, 0.15) is 5.75 Å². The molecule has 76 valence electrons. The predicted octanol–water partition coefficient (Wildman–Crippen LogP) is 3.57. The van der Waals surface area contributed by atoms with Gasteiger partial charge in [0.05, 0.1) is 12.8 Å². The molecule has 0 amide bonds. The SMILES string of the molecule is COc1ccc(N=Nc2nccs2)cc1. The molecule has 0 saturated heterocycles. The number of aromatic nitrogens is 1. The normalized spacial score (nSPS) is 10.7. The Bertz CT molecular complexity index is 436. The molecule has 0 aliphatic heterocycles. The van der Waals surface area contributed by atoms with Crippen molar-refractivity contribution in [2.75, 3.05) is 7.11 Å². The Morgan fingerprint density at radius 3 is 2.60 bits per heavy atom. The van der Waals surface area contributed by atoms with Crippen LogP contribution in [0.3, 0.4) is 0 Å². The fourth-order valence-corrected chi connectivity index (χ4v) is 1.47. The van der Waals surface area contributed by atoms with Crippen molar-refractivity contribution in [2.24, 2.45) is 10.2 Å². The lowest BCUT2D eigenvalue weighted by atomic mass is 10.3. The Morgan fingerprint density at radius 1 is 1.20 bits per heavy atom. The molecule has 1 heterocycles. The van der Waals surface area contributed by atoms with Gasteiger partial charge in [0, 0.05) is 11.6 Å². The maximum absolute atomic E-state index is 5.04. The minimum Gasteiger partial charge on any atom is -0.497 e. The maximum Gasteiger partial charge on any atom is 0.229 e. The first kappa shape index (κ1) is 9.79. The molecule has 0 spiro atoms. The van der Waals surface area contributed by atoms with Crippen molar-refractivity contribution in [2.45, 2.75) is 0 Å². The van der Waals surface area contributed by atoms with Crippen LogP contribution in [0.2, 0.25) is 0 Å². The van der Waals surface area contributed by atoms with E-state index in [0.29, 0.717) is 5.13 Å². The highest BCUT2D eigenvalue weighted by Gasteiger charge is 1.93. The third-order valence-corrected chi connectivity index (χ3v) is 2.40. The van der Waals surface area contributed by atoms with Gasteiger partial charge >= 0.3 is 0 Å². The Morgan fingerprint density at radius 2 is 2.00 bits per heavy atom. The molecular weight excluding hydrogens is 210 g/mol. The van der Waals surface area contributed by atoms with Crippen molar-refractivity contribution in [3.05, 3.63) is 35.8 Å². The van der Waals surface area contributed by atoms with Crippen LogP contribution >= 0.6 is 11.3 Å². The Balaban J connectivity index is 2.11. The molecule has 1 aromatic carbocycles. The zero-order valence-electron chi connectivity index (χ0n) is 8.12. The second-order valence-corrected chi connectivity index (χ2v) is 3.59. The summed E-state index contributed by atoms with van der Waals surface area (Å²) in [5.74, 6) is 0.809.